The van der Waals surface area contributed by atoms with Crippen LogP contribution in [-0.2, 0) is 4.74 Å². The van der Waals surface area contributed by atoms with Crippen LogP contribution in [0.2, 0.25) is 0 Å². The minimum absolute atomic E-state index is 0.0250. The van der Waals surface area contributed by atoms with Gasteiger partial charge < -0.3 is 33.6 Å². The zero-order valence-corrected chi connectivity index (χ0v) is 15.8. The molecule has 152 valence electrons. The third-order valence-corrected chi connectivity index (χ3v) is 3.96. The number of methoxy groups -OCH3 is 2. The van der Waals surface area contributed by atoms with Crippen molar-refractivity contribution in [2.24, 2.45) is 0 Å². The molecule has 1 aromatic heterocycles. The molecule has 0 amide bonds. The van der Waals surface area contributed by atoms with Crippen LogP contribution in [0.4, 0.5) is 0 Å². The van der Waals surface area contributed by atoms with Crippen LogP contribution in [0.3, 0.4) is 0 Å². The predicted molar refractivity (Wildman–Crippen MR) is 101 cm³/mol. The molecule has 2 N–H and O–H groups in total. The number of aromatic hydroxyl groups is 2. The second-order valence-corrected chi connectivity index (χ2v) is 5.77. The number of hydrogen-bond acceptors (Lipinski definition) is 9. The fourth-order valence-electron chi connectivity index (χ4n) is 2.66. The summed E-state index contributed by atoms with van der Waals surface area (Å²) in [5, 5.41) is 19.5. The van der Waals surface area contributed by atoms with Crippen molar-refractivity contribution in [1.29, 1.82) is 0 Å². The van der Waals surface area contributed by atoms with Gasteiger partial charge in [-0.3, -0.25) is 4.79 Å². The molecule has 0 aliphatic carbocycles. The summed E-state index contributed by atoms with van der Waals surface area (Å²) >= 11 is 0. The second kappa shape index (κ2) is 8.01. The van der Waals surface area contributed by atoms with Crippen molar-refractivity contribution in [2.45, 2.75) is 6.92 Å². The van der Waals surface area contributed by atoms with Gasteiger partial charge in [-0.05, 0) is 19.1 Å². The molecule has 0 unspecified atom stereocenters. The Bertz CT molecular complexity index is 1130. The van der Waals surface area contributed by atoms with Gasteiger partial charge in [-0.1, -0.05) is 0 Å². The van der Waals surface area contributed by atoms with Crippen LogP contribution in [-0.4, -0.2) is 37.0 Å². The fourth-order valence-corrected chi connectivity index (χ4v) is 2.66. The first-order valence-corrected chi connectivity index (χ1v) is 8.49. The van der Waals surface area contributed by atoms with Crippen LogP contribution in [0, 0.1) is 0 Å². The molecule has 9 nitrogen and oxygen atoms in total. The van der Waals surface area contributed by atoms with Crippen LogP contribution < -0.4 is 19.6 Å². The standard InChI is InChI=1S/C20H18O9/c1-4-27-20(24)19-18(28-13-6-5-11(25-2)9-14(13)26-3)17(23)16-12(22)7-10(21)8-15(16)29-19/h5-9,21-22H,4H2,1-3H3. The summed E-state index contributed by atoms with van der Waals surface area (Å²) in [4.78, 5) is 25.4. The highest BCUT2D eigenvalue weighted by Gasteiger charge is 2.26. The number of phenolic OH excluding ortho intramolecular Hbond substituents is 2. The van der Waals surface area contributed by atoms with Crippen molar-refractivity contribution >= 4 is 16.9 Å². The maximum absolute atomic E-state index is 13.0. The first kappa shape index (κ1) is 19.9. The van der Waals surface area contributed by atoms with Gasteiger partial charge >= 0.3 is 5.97 Å². The molecule has 3 aromatic rings. The molecule has 0 aliphatic heterocycles. The molecule has 29 heavy (non-hydrogen) atoms. The summed E-state index contributed by atoms with van der Waals surface area (Å²) < 4.78 is 26.4. The summed E-state index contributed by atoms with van der Waals surface area (Å²) in [6.07, 6.45) is 0. The Kier molecular flexibility index (Phi) is 5.49. The zero-order valence-electron chi connectivity index (χ0n) is 15.8. The van der Waals surface area contributed by atoms with Crippen molar-refractivity contribution in [3.05, 3.63) is 46.3 Å². The average molecular weight is 402 g/mol. The molecule has 0 aliphatic rings. The number of carbonyl (C=O) groups excluding carboxylic acids is 1. The molecule has 9 heteroatoms. The van der Waals surface area contributed by atoms with E-state index in [1.807, 2.05) is 0 Å². The van der Waals surface area contributed by atoms with E-state index in [1.54, 1.807) is 13.0 Å². The number of rotatable bonds is 6. The summed E-state index contributed by atoms with van der Waals surface area (Å²) in [5.74, 6) is -2.03. The second-order valence-electron chi connectivity index (χ2n) is 5.77. The molecular weight excluding hydrogens is 384 g/mol. The maximum atomic E-state index is 13.0. The number of ether oxygens (including phenoxy) is 4. The maximum Gasteiger partial charge on any atom is 0.378 e. The fraction of sp³-hybridized carbons (Fsp3) is 0.200. The van der Waals surface area contributed by atoms with E-state index in [4.69, 9.17) is 23.4 Å². The molecule has 0 saturated carbocycles. The number of phenols is 2. The minimum Gasteiger partial charge on any atom is -0.508 e. The average Bonchev–Trinajstić information content (AvgIpc) is 2.69. The van der Waals surface area contributed by atoms with E-state index in [2.05, 4.69) is 0 Å². The lowest BCUT2D eigenvalue weighted by Gasteiger charge is -2.14. The summed E-state index contributed by atoms with van der Waals surface area (Å²) in [6.45, 7) is 1.61. The number of carbonyl (C=O) groups is 1. The number of esters is 1. The van der Waals surface area contributed by atoms with E-state index in [9.17, 15) is 19.8 Å². The van der Waals surface area contributed by atoms with Gasteiger partial charge in [0.15, 0.2) is 11.5 Å². The Balaban J connectivity index is 2.25. The highest BCUT2D eigenvalue weighted by molar-refractivity contribution is 5.94. The monoisotopic (exact) mass is 402 g/mol. The Morgan fingerprint density at radius 3 is 2.48 bits per heavy atom. The van der Waals surface area contributed by atoms with Gasteiger partial charge in [-0.15, -0.1) is 0 Å². The van der Waals surface area contributed by atoms with Gasteiger partial charge in [0.2, 0.25) is 11.2 Å². The van der Waals surface area contributed by atoms with Crippen LogP contribution >= 0.6 is 0 Å². The van der Waals surface area contributed by atoms with Crippen molar-refractivity contribution < 1.29 is 38.4 Å². The van der Waals surface area contributed by atoms with Crippen LogP contribution in [0.25, 0.3) is 11.0 Å². The third-order valence-electron chi connectivity index (χ3n) is 3.96. The largest absolute Gasteiger partial charge is 0.508 e. The van der Waals surface area contributed by atoms with E-state index in [1.165, 1.54) is 26.4 Å². The number of hydrogen-bond donors (Lipinski definition) is 2. The van der Waals surface area contributed by atoms with E-state index in [0.29, 0.717) is 5.75 Å². The van der Waals surface area contributed by atoms with Crippen LogP contribution in [0.15, 0.2) is 39.5 Å². The number of fused-ring (bicyclic) bond motifs is 1. The molecule has 0 fully saturated rings. The Morgan fingerprint density at radius 2 is 1.83 bits per heavy atom. The summed E-state index contributed by atoms with van der Waals surface area (Å²) in [5.41, 5.74) is -1.03. The van der Waals surface area contributed by atoms with E-state index < -0.39 is 28.7 Å². The van der Waals surface area contributed by atoms with Crippen molar-refractivity contribution in [3.63, 3.8) is 0 Å². The highest BCUT2D eigenvalue weighted by Crippen LogP contribution is 2.37. The third kappa shape index (κ3) is 3.75. The highest BCUT2D eigenvalue weighted by atomic mass is 16.6. The Hall–Kier alpha value is -3.88. The molecule has 0 bridgehead atoms. The smallest absolute Gasteiger partial charge is 0.378 e. The van der Waals surface area contributed by atoms with E-state index in [0.717, 1.165) is 12.1 Å². The van der Waals surface area contributed by atoms with Crippen LogP contribution in [0.5, 0.6) is 34.5 Å². The van der Waals surface area contributed by atoms with Gasteiger partial charge in [0, 0.05) is 18.2 Å². The van der Waals surface area contributed by atoms with Gasteiger partial charge in [0.05, 0.1) is 20.8 Å². The summed E-state index contributed by atoms with van der Waals surface area (Å²) in [6, 6.07) is 6.64. The minimum atomic E-state index is -0.947. The molecule has 2 aromatic carbocycles. The van der Waals surface area contributed by atoms with Crippen molar-refractivity contribution in [2.75, 3.05) is 20.8 Å². The van der Waals surface area contributed by atoms with Crippen LogP contribution in [0.1, 0.15) is 17.5 Å². The molecule has 0 atom stereocenters. The van der Waals surface area contributed by atoms with Crippen molar-refractivity contribution in [3.8, 4) is 34.5 Å². The predicted octanol–water partition coefficient (Wildman–Crippen LogP) is 3.19. The normalized spacial score (nSPS) is 10.6. The van der Waals surface area contributed by atoms with Crippen molar-refractivity contribution in [1.82, 2.24) is 0 Å². The molecule has 0 saturated heterocycles. The molecule has 0 radical (unpaired) electrons. The first-order chi connectivity index (χ1) is 13.9. The lowest BCUT2D eigenvalue weighted by Crippen LogP contribution is -2.14. The van der Waals surface area contributed by atoms with Gasteiger partial charge in [0.25, 0.3) is 5.76 Å². The lowest BCUT2D eigenvalue weighted by molar-refractivity contribution is 0.0485. The quantitative estimate of drug-likeness (QED) is 0.598. The molecule has 3 rings (SSSR count). The molecule has 0 spiro atoms. The van der Waals surface area contributed by atoms with Gasteiger partial charge in [-0.25, -0.2) is 4.79 Å². The molecular formula is C20H18O9. The SMILES string of the molecule is CCOC(=O)c1oc2cc(O)cc(O)c2c(=O)c1Oc1ccc(OC)cc1OC. The lowest BCUT2D eigenvalue weighted by atomic mass is 10.1. The Morgan fingerprint density at radius 1 is 1.07 bits per heavy atom. The zero-order chi connectivity index (χ0) is 21.1. The number of benzene rings is 2. The van der Waals surface area contributed by atoms with Gasteiger partial charge in [-0.2, -0.15) is 0 Å². The van der Waals surface area contributed by atoms with E-state index >= 15 is 0 Å². The van der Waals surface area contributed by atoms with E-state index in [-0.39, 0.29) is 34.8 Å². The molecule has 1 heterocycles. The van der Waals surface area contributed by atoms with Gasteiger partial charge in [0.1, 0.15) is 28.2 Å². The first-order valence-electron chi connectivity index (χ1n) is 8.49. The topological polar surface area (TPSA) is 125 Å². The Labute approximate surface area is 164 Å². The summed E-state index contributed by atoms with van der Waals surface area (Å²) in [7, 11) is 2.87.